The molecule has 0 aromatic heterocycles. The van der Waals surface area contributed by atoms with E-state index in [4.69, 9.17) is 0 Å². The van der Waals surface area contributed by atoms with E-state index in [1.54, 1.807) is 0 Å². The fourth-order valence-electron chi connectivity index (χ4n) is 9.20. The van der Waals surface area contributed by atoms with Crippen molar-refractivity contribution in [3.05, 3.63) is 12.2 Å². The molecule has 0 bridgehead atoms. The highest BCUT2D eigenvalue weighted by molar-refractivity contribution is 5.79. The van der Waals surface area contributed by atoms with Crippen LogP contribution in [-0.4, -0.2) is 17.0 Å². The summed E-state index contributed by atoms with van der Waals surface area (Å²) in [7, 11) is 0. The van der Waals surface area contributed by atoms with Gasteiger partial charge in [-0.1, -0.05) is 61.1 Å². The maximum Gasteiger partial charge on any atom is 0.133 e. The quantitative estimate of drug-likeness (QED) is 0.441. The topological polar surface area (TPSA) is 37.3 Å². The molecular formula is C30H52O2. The monoisotopic (exact) mass is 444 g/mol. The molecule has 4 rings (SSSR count). The molecule has 2 heteroatoms. The Labute approximate surface area is 199 Å². The Balaban J connectivity index is 0.00000289. The number of ketones is 1. The Bertz CT molecular complexity index is 695. The third-order valence-electron chi connectivity index (χ3n) is 11.2. The number of allylic oxidation sites excluding steroid dienone is 2. The first kappa shape index (κ1) is 26.0. The minimum absolute atomic E-state index is 0. The predicted octanol–water partition coefficient (Wildman–Crippen LogP) is 7.70. The normalized spacial score (nSPS) is 45.7. The van der Waals surface area contributed by atoms with Crippen molar-refractivity contribution in [1.29, 1.82) is 0 Å². The Morgan fingerprint density at radius 1 is 1.03 bits per heavy atom. The van der Waals surface area contributed by atoms with E-state index < -0.39 is 0 Å². The van der Waals surface area contributed by atoms with Crippen LogP contribution in [0.5, 0.6) is 0 Å². The Kier molecular flexibility index (Phi) is 7.76. The van der Waals surface area contributed by atoms with E-state index in [9.17, 15) is 9.90 Å². The molecule has 4 saturated carbocycles. The van der Waals surface area contributed by atoms with Crippen LogP contribution in [0.1, 0.15) is 107 Å². The van der Waals surface area contributed by atoms with Crippen molar-refractivity contribution in [3.63, 3.8) is 0 Å². The lowest BCUT2D eigenvalue weighted by Gasteiger charge is -2.61. The highest BCUT2D eigenvalue weighted by atomic mass is 16.3. The molecule has 0 radical (unpaired) electrons. The molecule has 2 nitrogen and oxygen atoms in total. The highest BCUT2D eigenvalue weighted by Gasteiger charge is 2.62. The van der Waals surface area contributed by atoms with Gasteiger partial charge in [0, 0.05) is 12.8 Å². The lowest BCUT2D eigenvalue weighted by molar-refractivity contribution is -0.168. The van der Waals surface area contributed by atoms with Crippen LogP contribution in [0.2, 0.25) is 0 Å². The van der Waals surface area contributed by atoms with E-state index in [0.29, 0.717) is 52.6 Å². The second-order valence-electron chi connectivity index (χ2n) is 12.8. The van der Waals surface area contributed by atoms with Crippen LogP contribution in [0.3, 0.4) is 0 Å². The predicted molar refractivity (Wildman–Crippen MR) is 135 cm³/mol. The standard InChI is InChI=1S/C29H48O2.CH4/c1-7-20(18(2)3)9-8-19(4)23-10-11-24-27-25(13-15-29(23,24)6)28(5)14-12-22(30)16-21(28)17-26(27)31;/h8-9,18-21,23-27,31H,7,10-17H2,1-6H3;1H4/b9-8+;/t19?,20?,21-,23-,24?,25?,26-,27?,28+,29-;/m1./s1. The van der Waals surface area contributed by atoms with Crippen molar-refractivity contribution in [2.75, 3.05) is 0 Å². The SMILES string of the molecule is C.CCC(/C=C/C(C)[C@H]1CCC2C3C(CC[C@@]21C)[C@@]1(C)CCC(=O)C[C@@H]1C[C@H]3O)C(C)C. The second-order valence-corrected chi connectivity index (χ2v) is 12.8. The Hall–Kier alpha value is -0.630. The molecule has 4 aliphatic rings. The van der Waals surface area contributed by atoms with Crippen molar-refractivity contribution < 1.29 is 9.90 Å². The van der Waals surface area contributed by atoms with Crippen molar-refractivity contribution in [2.24, 2.45) is 58.2 Å². The van der Waals surface area contributed by atoms with Crippen LogP contribution in [-0.2, 0) is 4.79 Å². The number of Topliss-reactive ketones (excluding diaryl/α,β-unsaturated/α-hetero) is 1. The zero-order valence-corrected chi connectivity index (χ0v) is 21.1. The van der Waals surface area contributed by atoms with E-state index in [2.05, 4.69) is 53.7 Å². The maximum absolute atomic E-state index is 12.2. The third-order valence-corrected chi connectivity index (χ3v) is 11.2. The molecule has 5 unspecified atom stereocenters. The first-order valence-corrected chi connectivity index (χ1v) is 13.5. The van der Waals surface area contributed by atoms with E-state index in [0.717, 1.165) is 31.6 Å². The van der Waals surface area contributed by atoms with Gasteiger partial charge in [-0.3, -0.25) is 4.79 Å². The molecule has 32 heavy (non-hydrogen) atoms. The average Bonchev–Trinajstić information content (AvgIpc) is 3.06. The van der Waals surface area contributed by atoms with E-state index in [1.165, 1.54) is 32.1 Å². The number of hydrogen-bond acceptors (Lipinski definition) is 2. The van der Waals surface area contributed by atoms with E-state index in [1.807, 2.05) is 0 Å². The molecule has 4 fully saturated rings. The molecule has 0 aliphatic heterocycles. The van der Waals surface area contributed by atoms with Crippen molar-refractivity contribution in [1.82, 2.24) is 0 Å². The summed E-state index contributed by atoms with van der Waals surface area (Å²) in [6.07, 6.45) is 14.7. The third kappa shape index (κ3) is 4.16. The molecule has 0 saturated heterocycles. The van der Waals surface area contributed by atoms with Crippen LogP contribution in [0, 0.1) is 58.2 Å². The van der Waals surface area contributed by atoms with Gasteiger partial charge in [0.2, 0.25) is 0 Å². The second kappa shape index (κ2) is 9.55. The fourth-order valence-corrected chi connectivity index (χ4v) is 9.20. The summed E-state index contributed by atoms with van der Waals surface area (Å²) < 4.78 is 0. The van der Waals surface area contributed by atoms with Crippen LogP contribution in [0.4, 0.5) is 0 Å². The van der Waals surface area contributed by atoms with Gasteiger partial charge in [0.1, 0.15) is 5.78 Å². The zero-order chi connectivity index (χ0) is 22.6. The summed E-state index contributed by atoms with van der Waals surface area (Å²) in [6, 6.07) is 0. The van der Waals surface area contributed by atoms with Crippen LogP contribution < -0.4 is 0 Å². The van der Waals surface area contributed by atoms with Crippen molar-refractivity contribution >= 4 is 5.78 Å². The molecule has 4 aliphatic carbocycles. The molecule has 184 valence electrons. The Morgan fingerprint density at radius 2 is 1.72 bits per heavy atom. The lowest BCUT2D eigenvalue weighted by Crippen LogP contribution is -2.58. The highest BCUT2D eigenvalue weighted by Crippen LogP contribution is 2.68. The lowest BCUT2D eigenvalue weighted by atomic mass is 9.44. The number of carbonyl (C=O) groups excluding carboxylic acids is 1. The molecule has 0 aromatic rings. The van der Waals surface area contributed by atoms with Crippen LogP contribution in [0.25, 0.3) is 0 Å². The van der Waals surface area contributed by atoms with Crippen molar-refractivity contribution in [3.8, 4) is 0 Å². The van der Waals surface area contributed by atoms with Gasteiger partial charge in [-0.2, -0.15) is 0 Å². The van der Waals surface area contributed by atoms with Gasteiger partial charge < -0.3 is 5.11 Å². The largest absolute Gasteiger partial charge is 0.393 e. The molecule has 0 amide bonds. The van der Waals surface area contributed by atoms with E-state index in [-0.39, 0.29) is 18.9 Å². The van der Waals surface area contributed by atoms with Gasteiger partial charge in [0.15, 0.2) is 0 Å². The van der Waals surface area contributed by atoms with E-state index >= 15 is 0 Å². The molecule has 1 N–H and O–H groups in total. The van der Waals surface area contributed by atoms with Crippen molar-refractivity contribution in [2.45, 2.75) is 113 Å². The van der Waals surface area contributed by atoms with Gasteiger partial charge >= 0.3 is 0 Å². The molecule has 10 atom stereocenters. The summed E-state index contributed by atoms with van der Waals surface area (Å²) in [5.41, 5.74) is 0.632. The number of rotatable bonds is 5. The number of fused-ring (bicyclic) bond motifs is 5. The molecular weight excluding hydrogens is 392 g/mol. The summed E-state index contributed by atoms with van der Waals surface area (Å²) in [5.74, 6) is 5.33. The van der Waals surface area contributed by atoms with Gasteiger partial charge in [0.25, 0.3) is 0 Å². The first-order chi connectivity index (χ1) is 14.6. The van der Waals surface area contributed by atoms with Gasteiger partial charge in [0.05, 0.1) is 6.10 Å². The average molecular weight is 445 g/mol. The molecule has 0 spiro atoms. The summed E-state index contributed by atoms with van der Waals surface area (Å²) in [6.45, 7) is 14.5. The first-order valence-electron chi connectivity index (χ1n) is 13.5. The van der Waals surface area contributed by atoms with Gasteiger partial charge in [-0.05, 0) is 103 Å². The smallest absolute Gasteiger partial charge is 0.133 e. The number of aliphatic hydroxyl groups excluding tert-OH is 1. The van der Waals surface area contributed by atoms with Crippen LogP contribution >= 0.6 is 0 Å². The Morgan fingerprint density at radius 3 is 2.38 bits per heavy atom. The number of hydrogen-bond donors (Lipinski definition) is 1. The maximum atomic E-state index is 12.2. The summed E-state index contributed by atoms with van der Waals surface area (Å²) >= 11 is 0. The molecule has 0 aromatic carbocycles. The van der Waals surface area contributed by atoms with Gasteiger partial charge in [-0.15, -0.1) is 0 Å². The zero-order valence-electron chi connectivity index (χ0n) is 21.1. The number of carbonyl (C=O) groups is 1. The minimum atomic E-state index is -0.200. The number of aliphatic hydroxyl groups is 1. The van der Waals surface area contributed by atoms with Crippen LogP contribution in [0.15, 0.2) is 12.2 Å². The van der Waals surface area contributed by atoms with Gasteiger partial charge in [-0.25, -0.2) is 0 Å². The summed E-state index contributed by atoms with van der Waals surface area (Å²) in [4.78, 5) is 12.2. The summed E-state index contributed by atoms with van der Waals surface area (Å²) in [5, 5.41) is 11.4. The molecule has 0 heterocycles. The fraction of sp³-hybridized carbons (Fsp3) is 0.900. The minimum Gasteiger partial charge on any atom is -0.393 e.